The molecule has 0 atom stereocenters. The molecule has 0 spiro atoms. The van der Waals surface area contributed by atoms with Crippen LogP contribution in [0.4, 0.5) is 0 Å². The van der Waals surface area contributed by atoms with Gasteiger partial charge in [0.2, 0.25) is 0 Å². The molecule has 0 saturated carbocycles. The topological polar surface area (TPSA) is 38.9 Å². The van der Waals surface area contributed by atoms with Gasteiger partial charge in [-0.3, -0.25) is 0 Å². The summed E-state index contributed by atoms with van der Waals surface area (Å²) < 4.78 is 8.76. The van der Waals surface area contributed by atoms with Crippen LogP contribution < -0.4 is 0 Å². The molecule has 11 aromatic rings. The van der Waals surface area contributed by atoms with Gasteiger partial charge in [0.1, 0.15) is 11.2 Å². The monoisotopic (exact) mass is 732 g/mol. The lowest BCUT2D eigenvalue weighted by molar-refractivity contribution is 0.669. The number of benzene rings is 8. The number of fused-ring (bicyclic) bond motifs is 6. The predicted octanol–water partition coefficient (Wildman–Crippen LogP) is 14.7. The summed E-state index contributed by atoms with van der Waals surface area (Å²) in [6.45, 7) is 0. The standard InChI is InChI=1S/C52H32N2OS/c1-3-12-33(13-4-1)34-22-24-35(25-23-34)38-28-39(41-18-11-19-44-43-17-8-10-21-50(43)56-51(41)44)30-40(29-38)47-32-46(53-52(54-47)36-14-5-2-6-15-36)37-26-27-49-45(31-37)42-16-7-9-20-48(42)55-49/h1-32H. The maximum atomic E-state index is 6.19. The Balaban J connectivity index is 1.13. The first-order chi connectivity index (χ1) is 27.7. The van der Waals surface area contributed by atoms with Crippen molar-refractivity contribution in [3.05, 3.63) is 194 Å². The van der Waals surface area contributed by atoms with E-state index >= 15 is 0 Å². The lowest BCUT2D eigenvalue weighted by atomic mass is 9.93. The number of hydrogen-bond acceptors (Lipinski definition) is 4. The Hall–Kier alpha value is -7.14. The van der Waals surface area contributed by atoms with Gasteiger partial charge in [-0.25, -0.2) is 9.97 Å². The molecule has 3 aromatic heterocycles. The molecule has 0 radical (unpaired) electrons. The van der Waals surface area contributed by atoms with E-state index in [0.717, 1.165) is 66.7 Å². The van der Waals surface area contributed by atoms with Crippen LogP contribution in [-0.2, 0) is 0 Å². The van der Waals surface area contributed by atoms with E-state index in [-0.39, 0.29) is 0 Å². The van der Waals surface area contributed by atoms with Crippen molar-refractivity contribution < 1.29 is 4.42 Å². The number of para-hydroxylation sites is 1. The van der Waals surface area contributed by atoms with Crippen LogP contribution in [-0.4, -0.2) is 9.97 Å². The van der Waals surface area contributed by atoms with E-state index in [4.69, 9.17) is 14.4 Å². The van der Waals surface area contributed by atoms with Gasteiger partial charge in [0.15, 0.2) is 5.82 Å². The highest BCUT2D eigenvalue weighted by atomic mass is 32.1. The summed E-state index contributed by atoms with van der Waals surface area (Å²) in [5, 5.41) is 4.73. The molecule has 0 aliphatic carbocycles. The van der Waals surface area contributed by atoms with Gasteiger partial charge in [-0.1, -0.05) is 140 Å². The molecule has 8 aromatic carbocycles. The van der Waals surface area contributed by atoms with Crippen LogP contribution in [0.3, 0.4) is 0 Å². The molecule has 0 fully saturated rings. The van der Waals surface area contributed by atoms with E-state index in [0.29, 0.717) is 5.82 Å². The third-order valence-corrected chi connectivity index (χ3v) is 11.9. The zero-order valence-corrected chi connectivity index (χ0v) is 31.0. The highest BCUT2D eigenvalue weighted by Gasteiger charge is 2.17. The van der Waals surface area contributed by atoms with Gasteiger partial charge in [0.25, 0.3) is 0 Å². The van der Waals surface area contributed by atoms with Crippen LogP contribution in [0.5, 0.6) is 0 Å². The Morgan fingerprint density at radius 2 is 0.911 bits per heavy atom. The molecule has 11 rings (SSSR count). The van der Waals surface area contributed by atoms with Crippen LogP contribution in [0, 0.1) is 0 Å². The molecule has 3 nitrogen and oxygen atoms in total. The second-order valence-electron chi connectivity index (χ2n) is 14.2. The zero-order chi connectivity index (χ0) is 37.0. The summed E-state index contributed by atoms with van der Waals surface area (Å²) in [6.07, 6.45) is 0. The summed E-state index contributed by atoms with van der Waals surface area (Å²) in [4.78, 5) is 10.5. The molecular formula is C52H32N2OS. The predicted molar refractivity (Wildman–Crippen MR) is 235 cm³/mol. The maximum absolute atomic E-state index is 6.19. The smallest absolute Gasteiger partial charge is 0.160 e. The first-order valence-corrected chi connectivity index (χ1v) is 19.6. The van der Waals surface area contributed by atoms with Gasteiger partial charge in [0.05, 0.1) is 11.4 Å². The molecule has 0 bridgehead atoms. The third-order valence-electron chi connectivity index (χ3n) is 10.7. The Kier molecular flexibility index (Phi) is 7.68. The Morgan fingerprint density at radius 1 is 0.339 bits per heavy atom. The number of aromatic nitrogens is 2. The molecule has 262 valence electrons. The van der Waals surface area contributed by atoms with Crippen LogP contribution in [0.1, 0.15) is 0 Å². The molecule has 0 unspecified atom stereocenters. The second-order valence-corrected chi connectivity index (χ2v) is 15.2. The SMILES string of the molecule is c1ccc(-c2ccc(-c3cc(-c4cc(-c5ccc6oc7ccccc7c6c5)nc(-c5ccccc5)n4)cc(-c4cccc5c4sc4ccccc45)c3)cc2)cc1. The van der Waals surface area contributed by atoms with Gasteiger partial charge >= 0.3 is 0 Å². The van der Waals surface area contributed by atoms with Crippen LogP contribution >= 0.6 is 11.3 Å². The fourth-order valence-corrected chi connectivity index (χ4v) is 9.14. The van der Waals surface area contributed by atoms with Crippen LogP contribution in [0.2, 0.25) is 0 Å². The summed E-state index contributed by atoms with van der Waals surface area (Å²) in [7, 11) is 0. The van der Waals surface area contributed by atoms with Crippen LogP contribution in [0.15, 0.2) is 199 Å². The van der Waals surface area contributed by atoms with Crippen molar-refractivity contribution >= 4 is 53.4 Å². The minimum absolute atomic E-state index is 0.682. The van der Waals surface area contributed by atoms with Gasteiger partial charge < -0.3 is 4.42 Å². The van der Waals surface area contributed by atoms with Crippen molar-refractivity contribution in [2.24, 2.45) is 0 Å². The van der Waals surface area contributed by atoms with Gasteiger partial charge in [-0.05, 0) is 88.0 Å². The molecule has 56 heavy (non-hydrogen) atoms. The van der Waals surface area contributed by atoms with Crippen molar-refractivity contribution in [1.29, 1.82) is 0 Å². The number of hydrogen-bond donors (Lipinski definition) is 0. The maximum Gasteiger partial charge on any atom is 0.160 e. The van der Waals surface area contributed by atoms with Crippen molar-refractivity contribution in [1.82, 2.24) is 9.97 Å². The summed E-state index contributed by atoms with van der Waals surface area (Å²) in [5.74, 6) is 0.682. The van der Waals surface area contributed by atoms with E-state index in [9.17, 15) is 0 Å². The fraction of sp³-hybridized carbons (Fsp3) is 0. The minimum Gasteiger partial charge on any atom is -0.456 e. The average molecular weight is 733 g/mol. The largest absolute Gasteiger partial charge is 0.456 e. The van der Waals surface area contributed by atoms with E-state index < -0.39 is 0 Å². The number of thiophene rings is 1. The van der Waals surface area contributed by atoms with E-state index in [1.165, 1.54) is 36.9 Å². The number of nitrogens with zero attached hydrogens (tertiary/aromatic N) is 2. The first kappa shape index (κ1) is 32.3. The number of furan rings is 1. The molecule has 3 heterocycles. The van der Waals surface area contributed by atoms with E-state index in [2.05, 4.69) is 164 Å². The van der Waals surface area contributed by atoms with Gasteiger partial charge in [-0.15, -0.1) is 11.3 Å². The second kappa shape index (κ2) is 13.3. The molecule has 0 amide bonds. The lowest BCUT2D eigenvalue weighted by Crippen LogP contribution is -1.96. The van der Waals surface area contributed by atoms with Crippen molar-refractivity contribution in [2.45, 2.75) is 0 Å². The summed E-state index contributed by atoms with van der Waals surface area (Å²) >= 11 is 1.85. The average Bonchev–Trinajstić information content (AvgIpc) is 3.85. The third kappa shape index (κ3) is 5.67. The Bertz CT molecular complexity index is 3240. The highest BCUT2D eigenvalue weighted by molar-refractivity contribution is 7.26. The number of rotatable bonds is 6. The molecule has 0 aliphatic heterocycles. The molecule has 0 N–H and O–H groups in total. The zero-order valence-electron chi connectivity index (χ0n) is 30.2. The van der Waals surface area contributed by atoms with E-state index in [1.54, 1.807) is 0 Å². The van der Waals surface area contributed by atoms with Gasteiger partial charge in [0, 0.05) is 47.6 Å². The fourth-order valence-electron chi connectivity index (χ4n) is 7.90. The van der Waals surface area contributed by atoms with Crippen LogP contribution in [0.25, 0.3) is 109 Å². The van der Waals surface area contributed by atoms with Gasteiger partial charge in [-0.2, -0.15) is 0 Å². The Morgan fingerprint density at radius 3 is 1.71 bits per heavy atom. The summed E-state index contributed by atoms with van der Waals surface area (Å²) in [5.41, 5.74) is 13.5. The van der Waals surface area contributed by atoms with E-state index in [1.807, 2.05) is 41.7 Å². The molecule has 0 aliphatic rings. The molecular weight excluding hydrogens is 701 g/mol. The lowest BCUT2D eigenvalue weighted by Gasteiger charge is -2.14. The normalized spacial score (nSPS) is 11.6. The molecule has 0 saturated heterocycles. The highest BCUT2D eigenvalue weighted by Crippen LogP contribution is 2.42. The molecule has 4 heteroatoms. The minimum atomic E-state index is 0.682. The Labute approximate surface area is 327 Å². The quantitative estimate of drug-likeness (QED) is 0.171. The first-order valence-electron chi connectivity index (χ1n) is 18.8. The summed E-state index contributed by atoms with van der Waals surface area (Å²) in [6, 6.07) is 68.7. The van der Waals surface area contributed by atoms with Crippen molar-refractivity contribution in [2.75, 3.05) is 0 Å². The van der Waals surface area contributed by atoms with Crippen molar-refractivity contribution in [3.63, 3.8) is 0 Å². The van der Waals surface area contributed by atoms with Crippen molar-refractivity contribution in [3.8, 4) is 67.3 Å².